The number of carbonyl (C=O) groups excluding carboxylic acids is 1. The lowest BCUT2D eigenvalue weighted by Gasteiger charge is -2.57. The summed E-state index contributed by atoms with van der Waals surface area (Å²) < 4.78 is 20.2. The van der Waals surface area contributed by atoms with Gasteiger partial charge in [0.2, 0.25) is 0 Å². The number of fused-ring (bicyclic) bond motifs is 5. The molecule has 0 radical (unpaired) electrons. The topological polar surface area (TPSA) is 26.3 Å². The highest BCUT2D eigenvalue weighted by Gasteiger charge is 2.57. The molecule has 160 valence electrons. The van der Waals surface area contributed by atoms with Gasteiger partial charge in [0.15, 0.2) is 0 Å². The molecular weight excluding hydrogens is 375 g/mol. The highest BCUT2D eigenvalue weighted by molar-refractivity contribution is 5.73. The van der Waals surface area contributed by atoms with Crippen LogP contribution in [-0.4, -0.2) is 12.1 Å². The summed E-state index contributed by atoms with van der Waals surface area (Å²) in [5.41, 5.74) is 3.86. The second-order valence-electron chi connectivity index (χ2n) is 10.5. The molecule has 0 N–H and O–H groups in total. The fraction of sp³-hybridized carbons (Fsp3) is 0.593. The van der Waals surface area contributed by atoms with E-state index in [0.717, 1.165) is 44.1 Å². The van der Waals surface area contributed by atoms with E-state index in [4.69, 9.17) is 4.74 Å². The maximum absolute atomic E-state index is 14.6. The first kappa shape index (κ1) is 20.0. The van der Waals surface area contributed by atoms with Crippen molar-refractivity contribution in [3.63, 3.8) is 0 Å². The fourth-order valence-electron chi connectivity index (χ4n) is 7.63. The van der Waals surface area contributed by atoms with Gasteiger partial charge in [-0.15, -0.1) is 0 Å². The predicted molar refractivity (Wildman–Crippen MR) is 117 cm³/mol. The van der Waals surface area contributed by atoms with Crippen LogP contribution in [0.25, 0.3) is 5.57 Å². The van der Waals surface area contributed by atoms with Gasteiger partial charge in [-0.3, -0.25) is 4.79 Å². The maximum Gasteiger partial charge on any atom is 0.302 e. The van der Waals surface area contributed by atoms with Gasteiger partial charge in [0.1, 0.15) is 11.9 Å². The standard InChI is InChI=1S/C27H33FO2/c1-17(29)30-19-12-14-26(2)18(16-19)8-9-20-22-10-11-23(21-6-4-5-7-25(21)28)27(22,3)15-13-24(20)26/h4-8,11,19-20,22,24H,9-10,12-16H2,1-3H3/t19-,20-,22-,24-,26-,27-/m0/s1. The highest BCUT2D eigenvalue weighted by Crippen LogP contribution is 2.66. The van der Waals surface area contributed by atoms with E-state index in [1.165, 1.54) is 24.5 Å². The average Bonchev–Trinajstić information content (AvgIpc) is 3.05. The Morgan fingerprint density at radius 2 is 1.80 bits per heavy atom. The van der Waals surface area contributed by atoms with Crippen LogP contribution in [0.15, 0.2) is 42.0 Å². The Bertz CT molecular complexity index is 931. The van der Waals surface area contributed by atoms with Crippen LogP contribution >= 0.6 is 0 Å². The lowest BCUT2D eigenvalue weighted by Crippen LogP contribution is -2.50. The van der Waals surface area contributed by atoms with Crippen molar-refractivity contribution in [2.75, 3.05) is 0 Å². The van der Waals surface area contributed by atoms with Crippen LogP contribution in [-0.2, 0) is 9.53 Å². The van der Waals surface area contributed by atoms with Crippen LogP contribution < -0.4 is 0 Å². The summed E-state index contributed by atoms with van der Waals surface area (Å²) in [7, 11) is 0. The SMILES string of the molecule is CC(=O)O[C@H]1CC[C@@]2(C)C(=CC[C@@H]3[C@@H]2CC[C@]2(C)C(c4ccccc4F)=CC[C@@H]32)C1. The first-order valence-corrected chi connectivity index (χ1v) is 11.7. The van der Waals surface area contributed by atoms with Crippen LogP contribution in [0.5, 0.6) is 0 Å². The zero-order valence-electron chi connectivity index (χ0n) is 18.4. The summed E-state index contributed by atoms with van der Waals surface area (Å²) in [4.78, 5) is 11.4. The third-order valence-electron chi connectivity index (χ3n) is 9.14. The maximum atomic E-state index is 14.6. The largest absolute Gasteiger partial charge is 0.462 e. The number of halogens is 1. The summed E-state index contributed by atoms with van der Waals surface area (Å²) in [6.45, 7) is 6.36. The van der Waals surface area contributed by atoms with Crippen molar-refractivity contribution in [3.05, 3.63) is 53.4 Å². The second-order valence-corrected chi connectivity index (χ2v) is 10.5. The molecule has 0 unspecified atom stereocenters. The van der Waals surface area contributed by atoms with Crippen molar-refractivity contribution < 1.29 is 13.9 Å². The Morgan fingerprint density at radius 3 is 2.57 bits per heavy atom. The molecule has 2 saturated carbocycles. The van der Waals surface area contributed by atoms with E-state index in [9.17, 15) is 9.18 Å². The van der Waals surface area contributed by atoms with Gasteiger partial charge in [-0.25, -0.2) is 4.39 Å². The van der Waals surface area contributed by atoms with Crippen LogP contribution in [0.3, 0.4) is 0 Å². The van der Waals surface area contributed by atoms with Gasteiger partial charge < -0.3 is 4.74 Å². The summed E-state index contributed by atoms with van der Waals surface area (Å²) in [5, 5.41) is 0. The zero-order chi connectivity index (χ0) is 21.1. The van der Waals surface area contributed by atoms with E-state index in [0.29, 0.717) is 17.8 Å². The van der Waals surface area contributed by atoms with Gasteiger partial charge in [-0.2, -0.15) is 0 Å². The molecule has 2 fully saturated rings. The molecule has 0 bridgehead atoms. The fourth-order valence-corrected chi connectivity index (χ4v) is 7.63. The molecule has 1 aromatic rings. The van der Waals surface area contributed by atoms with Crippen LogP contribution in [0.4, 0.5) is 4.39 Å². The van der Waals surface area contributed by atoms with Crippen molar-refractivity contribution in [2.45, 2.75) is 71.8 Å². The molecule has 3 heteroatoms. The number of hydrogen-bond acceptors (Lipinski definition) is 2. The number of esters is 1. The van der Waals surface area contributed by atoms with Crippen LogP contribution in [0.1, 0.15) is 71.3 Å². The van der Waals surface area contributed by atoms with Crippen molar-refractivity contribution >= 4 is 11.5 Å². The van der Waals surface area contributed by atoms with Gasteiger partial charge in [-0.1, -0.05) is 49.8 Å². The first-order chi connectivity index (χ1) is 14.3. The Labute approximate surface area is 179 Å². The van der Waals surface area contributed by atoms with Gasteiger partial charge in [0.25, 0.3) is 0 Å². The van der Waals surface area contributed by atoms with E-state index in [-0.39, 0.29) is 28.7 Å². The minimum Gasteiger partial charge on any atom is -0.462 e. The second kappa shape index (κ2) is 7.07. The molecule has 0 aliphatic heterocycles. The van der Waals surface area contributed by atoms with Gasteiger partial charge in [0.05, 0.1) is 0 Å². The zero-order valence-corrected chi connectivity index (χ0v) is 18.4. The lowest BCUT2D eigenvalue weighted by atomic mass is 9.47. The molecule has 30 heavy (non-hydrogen) atoms. The van der Waals surface area contributed by atoms with Gasteiger partial charge in [0, 0.05) is 18.9 Å². The minimum atomic E-state index is -0.163. The molecule has 1 aromatic carbocycles. The minimum absolute atomic E-state index is 0.0491. The molecule has 6 atom stereocenters. The van der Waals surface area contributed by atoms with E-state index < -0.39 is 0 Å². The predicted octanol–water partition coefficient (Wildman–Crippen LogP) is 6.71. The van der Waals surface area contributed by atoms with Gasteiger partial charge >= 0.3 is 5.97 Å². The molecule has 5 rings (SSSR count). The monoisotopic (exact) mass is 408 g/mol. The molecule has 0 spiro atoms. The van der Waals surface area contributed by atoms with Crippen molar-refractivity contribution in [1.82, 2.24) is 0 Å². The third-order valence-corrected chi connectivity index (χ3v) is 9.14. The summed E-state index contributed by atoms with van der Waals surface area (Å²) in [5.74, 6) is 1.68. The molecule has 4 aliphatic carbocycles. The number of benzene rings is 1. The normalized spacial score (nSPS) is 39.9. The Morgan fingerprint density at radius 1 is 1.03 bits per heavy atom. The number of rotatable bonds is 2. The molecule has 0 amide bonds. The smallest absolute Gasteiger partial charge is 0.302 e. The van der Waals surface area contributed by atoms with Crippen molar-refractivity contribution in [1.29, 1.82) is 0 Å². The first-order valence-electron chi connectivity index (χ1n) is 11.7. The Balaban J connectivity index is 1.42. The van der Waals surface area contributed by atoms with Crippen molar-refractivity contribution in [2.24, 2.45) is 28.6 Å². The third kappa shape index (κ3) is 2.92. The Hall–Kier alpha value is -1.90. The summed E-state index contributed by atoms with van der Waals surface area (Å²) in [6.07, 6.45) is 12.4. The number of ether oxygens (including phenoxy) is 1. The molecule has 0 heterocycles. The molecule has 0 aromatic heterocycles. The molecule has 0 saturated heterocycles. The van der Waals surface area contributed by atoms with Crippen LogP contribution in [0.2, 0.25) is 0 Å². The molecule has 4 aliphatic rings. The quantitative estimate of drug-likeness (QED) is 0.401. The number of allylic oxidation sites excluding steroid dienone is 3. The van der Waals surface area contributed by atoms with E-state index in [1.807, 2.05) is 12.1 Å². The van der Waals surface area contributed by atoms with E-state index >= 15 is 0 Å². The molecule has 2 nitrogen and oxygen atoms in total. The highest BCUT2D eigenvalue weighted by atomic mass is 19.1. The summed E-state index contributed by atoms with van der Waals surface area (Å²) in [6, 6.07) is 7.29. The average molecular weight is 409 g/mol. The van der Waals surface area contributed by atoms with Gasteiger partial charge in [-0.05, 0) is 78.7 Å². The van der Waals surface area contributed by atoms with E-state index in [2.05, 4.69) is 26.0 Å². The van der Waals surface area contributed by atoms with E-state index in [1.54, 1.807) is 12.1 Å². The van der Waals surface area contributed by atoms with Crippen molar-refractivity contribution in [3.8, 4) is 0 Å². The lowest BCUT2D eigenvalue weighted by molar-refractivity contribution is -0.148. The van der Waals surface area contributed by atoms with Crippen LogP contribution in [0, 0.1) is 34.4 Å². The summed E-state index contributed by atoms with van der Waals surface area (Å²) >= 11 is 0. The number of hydrogen-bond donors (Lipinski definition) is 0. The molecular formula is C27H33FO2. The number of carbonyl (C=O) groups is 1. The Kier molecular flexibility index (Phi) is 4.72.